The number of anilines is 2. The number of nitrogens with zero attached hydrogens (tertiary/aromatic N) is 4. The fourth-order valence-corrected chi connectivity index (χ4v) is 8.87. The number of hydrogen-bond acceptors (Lipinski definition) is 2. The quantitative estimate of drug-likeness (QED) is 0.201. The fraction of sp³-hybridized carbons (Fsp3) is 0.0714. The molecule has 216 valence electrons. The first-order valence-electron chi connectivity index (χ1n) is 16.0. The van der Waals surface area contributed by atoms with Gasteiger partial charge < -0.3 is 13.9 Å². The van der Waals surface area contributed by atoms with Gasteiger partial charge in [-0.05, 0) is 67.1 Å². The third kappa shape index (κ3) is 2.84. The smallest absolute Gasteiger partial charge is 0.0712 e. The van der Waals surface area contributed by atoms with Crippen LogP contribution in [0.3, 0.4) is 0 Å². The summed E-state index contributed by atoms with van der Waals surface area (Å²) in [5.74, 6) is 0.285. The Kier molecular flexibility index (Phi) is 4.48. The summed E-state index contributed by atoms with van der Waals surface area (Å²) in [7, 11) is 0. The summed E-state index contributed by atoms with van der Waals surface area (Å²) in [5, 5.41) is 7.82. The third-order valence-electron chi connectivity index (χ3n) is 10.7. The van der Waals surface area contributed by atoms with Crippen molar-refractivity contribution in [2.24, 2.45) is 0 Å². The normalized spacial score (nSPS) is 19.1. The molecule has 4 aromatic heterocycles. The second-order valence-corrected chi connectivity index (χ2v) is 13.0. The molecule has 46 heavy (non-hydrogen) atoms. The van der Waals surface area contributed by atoms with Crippen LogP contribution in [-0.2, 0) is 0 Å². The van der Waals surface area contributed by atoms with Crippen LogP contribution in [0, 0.1) is 0 Å². The van der Waals surface area contributed by atoms with Gasteiger partial charge in [0.15, 0.2) is 0 Å². The maximum absolute atomic E-state index is 4.53. The maximum atomic E-state index is 4.53. The van der Waals surface area contributed by atoms with Gasteiger partial charge in [-0.25, -0.2) is 0 Å². The van der Waals surface area contributed by atoms with Crippen LogP contribution in [0.5, 0.6) is 0 Å². The van der Waals surface area contributed by atoms with Crippen molar-refractivity contribution in [1.82, 2.24) is 14.0 Å². The highest BCUT2D eigenvalue weighted by Gasteiger charge is 2.47. The zero-order chi connectivity index (χ0) is 30.1. The first-order chi connectivity index (χ1) is 22.7. The zero-order valence-electron chi connectivity index (χ0n) is 25.2. The molecule has 0 bridgehead atoms. The number of rotatable bonds is 2. The second kappa shape index (κ2) is 8.43. The van der Waals surface area contributed by atoms with Gasteiger partial charge in [0.2, 0.25) is 0 Å². The number of para-hydroxylation sites is 3. The lowest BCUT2D eigenvalue weighted by atomic mass is 9.80. The summed E-state index contributed by atoms with van der Waals surface area (Å²) in [5.41, 5.74) is 10.9. The highest BCUT2D eigenvalue weighted by Crippen LogP contribution is 2.54. The SMILES string of the molecule is CC12C=CC=CC1c1ccncc1N2c1ccc(-n2c3ccccc3c3c4c5ccccc5n5c6ccccc6c(cc32)c45)cc1. The molecule has 0 spiro atoms. The molecule has 4 heteroatoms. The van der Waals surface area contributed by atoms with Crippen molar-refractivity contribution in [3.8, 4) is 5.69 Å². The highest BCUT2D eigenvalue weighted by atomic mass is 15.2. The Morgan fingerprint density at radius 2 is 1.30 bits per heavy atom. The van der Waals surface area contributed by atoms with E-state index < -0.39 is 0 Å². The van der Waals surface area contributed by atoms with E-state index in [0.717, 1.165) is 5.69 Å². The molecule has 0 saturated heterocycles. The van der Waals surface area contributed by atoms with Gasteiger partial charge in [0.25, 0.3) is 0 Å². The van der Waals surface area contributed by atoms with Crippen molar-refractivity contribution < 1.29 is 0 Å². The number of hydrogen-bond donors (Lipinski definition) is 0. The van der Waals surface area contributed by atoms with Crippen molar-refractivity contribution in [2.45, 2.75) is 18.4 Å². The van der Waals surface area contributed by atoms with Crippen molar-refractivity contribution in [3.63, 3.8) is 0 Å². The summed E-state index contributed by atoms with van der Waals surface area (Å²) in [4.78, 5) is 6.99. The van der Waals surface area contributed by atoms with Gasteiger partial charge >= 0.3 is 0 Å². The van der Waals surface area contributed by atoms with Crippen LogP contribution in [0.2, 0.25) is 0 Å². The first-order valence-corrected chi connectivity index (χ1v) is 16.0. The van der Waals surface area contributed by atoms with Crippen LogP contribution in [0.15, 0.2) is 146 Å². The molecule has 0 fully saturated rings. The molecule has 5 heterocycles. The van der Waals surface area contributed by atoms with Crippen LogP contribution in [-0.4, -0.2) is 19.5 Å². The molecule has 4 nitrogen and oxygen atoms in total. The van der Waals surface area contributed by atoms with E-state index in [1.165, 1.54) is 76.8 Å². The van der Waals surface area contributed by atoms with Gasteiger partial charge in [-0.2, -0.15) is 0 Å². The molecule has 1 aliphatic carbocycles. The Hall–Kier alpha value is -5.87. The van der Waals surface area contributed by atoms with E-state index in [2.05, 4.69) is 159 Å². The summed E-state index contributed by atoms with van der Waals surface area (Å²) >= 11 is 0. The topological polar surface area (TPSA) is 25.5 Å². The molecule has 0 radical (unpaired) electrons. The summed E-state index contributed by atoms with van der Waals surface area (Å²) in [6, 6.07) is 40.3. The number of benzene rings is 5. The third-order valence-corrected chi connectivity index (χ3v) is 10.7. The van der Waals surface area contributed by atoms with Crippen LogP contribution < -0.4 is 4.90 Å². The molecule has 0 N–H and O–H groups in total. The average Bonchev–Trinajstić information content (AvgIpc) is 3.80. The van der Waals surface area contributed by atoms with Crippen molar-refractivity contribution in [3.05, 3.63) is 151 Å². The number of fused-ring (bicyclic) bond motifs is 13. The van der Waals surface area contributed by atoms with E-state index in [-0.39, 0.29) is 11.5 Å². The van der Waals surface area contributed by atoms with Gasteiger partial charge in [0.1, 0.15) is 0 Å². The lowest BCUT2D eigenvalue weighted by molar-refractivity contribution is 0.542. The first kappa shape index (κ1) is 24.5. The zero-order valence-corrected chi connectivity index (χ0v) is 25.2. The van der Waals surface area contributed by atoms with Crippen molar-refractivity contribution >= 4 is 71.3 Å². The molecular formula is C42H28N4. The molecule has 2 atom stereocenters. The molecule has 2 aliphatic rings. The Bertz CT molecular complexity index is 2780. The van der Waals surface area contributed by atoms with Crippen LogP contribution in [0.25, 0.3) is 65.6 Å². The largest absolute Gasteiger partial charge is 0.330 e. The van der Waals surface area contributed by atoms with E-state index >= 15 is 0 Å². The second-order valence-electron chi connectivity index (χ2n) is 13.0. The molecule has 2 unspecified atom stereocenters. The molecule has 9 aromatic rings. The molecular weight excluding hydrogens is 560 g/mol. The molecule has 5 aromatic carbocycles. The van der Waals surface area contributed by atoms with E-state index in [4.69, 9.17) is 0 Å². The van der Waals surface area contributed by atoms with E-state index in [9.17, 15) is 0 Å². The lowest BCUT2D eigenvalue weighted by Gasteiger charge is -2.39. The number of allylic oxidation sites excluding steroid dienone is 2. The minimum Gasteiger partial charge on any atom is -0.330 e. The van der Waals surface area contributed by atoms with E-state index in [1.54, 1.807) is 0 Å². The van der Waals surface area contributed by atoms with Gasteiger partial charge in [-0.1, -0.05) is 78.9 Å². The maximum Gasteiger partial charge on any atom is 0.0712 e. The van der Waals surface area contributed by atoms with Crippen molar-refractivity contribution in [2.75, 3.05) is 4.90 Å². The Morgan fingerprint density at radius 3 is 2.11 bits per heavy atom. The summed E-state index contributed by atoms with van der Waals surface area (Å²) < 4.78 is 4.94. The fourth-order valence-electron chi connectivity index (χ4n) is 8.87. The van der Waals surface area contributed by atoms with Gasteiger partial charge in [-0.3, -0.25) is 4.98 Å². The predicted molar refractivity (Wildman–Crippen MR) is 191 cm³/mol. The van der Waals surface area contributed by atoms with Gasteiger partial charge in [0, 0.05) is 55.8 Å². The van der Waals surface area contributed by atoms with Gasteiger partial charge in [-0.15, -0.1) is 0 Å². The average molecular weight is 589 g/mol. The number of aromatic nitrogens is 3. The Morgan fingerprint density at radius 1 is 0.630 bits per heavy atom. The minimum atomic E-state index is -0.189. The predicted octanol–water partition coefficient (Wildman–Crippen LogP) is 10.4. The van der Waals surface area contributed by atoms with Gasteiger partial charge in [0.05, 0.1) is 45.0 Å². The minimum absolute atomic E-state index is 0.189. The van der Waals surface area contributed by atoms with E-state index in [1.807, 2.05) is 12.4 Å². The number of pyridine rings is 1. The highest BCUT2D eigenvalue weighted by molar-refractivity contribution is 6.35. The molecule has 0 amide bonds. The Labute approximate surface area is 265 Å². The molecule has 1 aliphatic heterocycles. The molecule has 11 rings (SSSR count). The summed E-state index contributed by atoms with van der Waals surface area (Å²) in [6.07, 6.45) is 12.9. The van der Waals surface area contributed by atoms with E-state index in [0.29, 0.717) is 0 Å². The summed E-state index contributed by atoms with van der Waals surface area (Å²) in [6.45, 7) is 2.33. The molecule has 0 saturated carbocycles. The van der Waals surface area contributed by atoms with Crippen LogP contribution >= 0.6 is 0 Å². The monoisotopic (exact) mass is 588 g/mol. The standard InChI is InChI=1S/C42H28N4/c1-42-22-9-8-13-33(42)29-21-23-43-25-38(29)46(42)27-19-17-26(18-20-27)44-35-15-6-3-11-30(35)39-37(44)24-32-28-10-2-5-14-34(28)45-36-16-7-4-12-31(36)40(39)41(32)45/h2-25,33H,1H3. The van der Waals surface area contributed by atoms with Crippen LogP contribution in [0.4, 0.5) is 11.4 Å². The van der Waals surface area contributed by atoms with Crippen molar-refractivity contribution in [1.29, 1.82) is 0 Å². The van der Waals surface area contributed by atoms with Crippen LogP contribution in [0.1, 0.15) is 18.4 Å². The lowest BCUT2D eigenvalue weighted by Crippen LogP contribution is -2.41. The Balaban J connectivity index is 1.20.